The van der Waals surface area contributed by atoms with Gasteiger partial charge in [0.1, 0.15) is 0 Å². The van der Waals surface area contributed by atoms with Gasteiger partial charge in [-0.05, 0) is 81.2 Å². The number of amides is 3. The number of rotatable bonds is 5. The zero-order chi connectivity index (χ0) is 22.3. The van der Waals surface area contributed by atoms with Crippen molar-refractivity contribution >= 4 is 28.6 Å². The number of pyridine rings is 1. The average Bonchev–Trinajstić information content (AvgIpc) is 3.35. The number of aryl methyl sites for hydroxylation is 2. The molecule has 0 aliphatic heterocycles. The highest BCUT2D eigenvalue weighted by Gasteiger charge is 2.27. The molecule has 2 aliphatic rings. The number of hydrogen-bond acceptors (Lipinski definition) is 5. The van der Waals surface area contributed by atoms with E-state index in [9.17, 15) is 18.9 Å². The van der Waals surface area contributed by atoms with Crippen LogP contribution in [-0.4, -0.2) is 26.2 Å². The van der Waals surface area contributed by atoms with Crippen LogP contribution < -0.4 is 15.8 Å². The zero-order valence-electron chi connectivity index (χ0n) is 17.6. The molecule has 1 atom stereocenters. The average molecular weight is 443 g/mol. The highest BCUT2D eigenvalue weighted by Crippen LogP contribution is 2.36. The van der Waals surface area contributed by atoms with Gasteiger partial charge in [0.05, 0.1) is 21.7 Å². The van der Waals surface area contributed by atoms with Gasteiger partial charge >= 0.3 is 6.03 Å². The van der Waals surface area contributed by atoms with Gasteiger partial charge in [-0.3, -0.25) is 14.5 Å². The summed E-state index contributed by atoms with van der Waals surface area (Å²) in [5.74, 6) is -0.766. The fraction of sp³-hybridized carbons (Fsp3) is 0.409. The smallest absolute Gasteiger partial charge is 0.331 e. The third-order valence-corrected chi connectivity index (χ3v) is 6.94. The summed E-state index contributed by atoms with van der Waals surface area (Å²) in [4.78, 5) is 29.4. The van der Waals surface area contributed by atoms with Crippen molar-refractivity contribution in [2.24, 2.45) is 5.73 Å². The van der Waals surface area contributed by atoms with Gasteiger partial charge in [-0.2, -0.15) is 0 Å². The Morgan fingerprint density at radius 2 is 1.71 bits per heavy atom. The van der Waals surface area contributed by atoms with E-state index in [1.807, 2.05) is 0 Å². The lowest BCUT2D eigenvalue weighted by Crippen LogP contribution is -2.32. The molecule has 0 radical (unpaired) electrons. The lowest BCUT2D eigenvalue weighted by atomic mass is 9.97. The first kappa shape index (κ1) is 21.5. The van der Waals surface area contributed by atoms with Crippen LogP contribution >= 0.6 is 0 Å². The Morgan fingerprint density at radius 3 is 2.26 bits per heavy atom. The first-order valence-electron chi connectivity index (χ1n) is 10.3. The lowest BCUT2D eigenvalue weighted by molar-refractivity contribution is 0.0782. The summed E-state index contributed by atoms with van der Waals surface area (Å²) in [6.07, 6.45) is 5.51. The zero-order valence-corrected chi connectivity index (χ0v) is 18.4. The Morgan fingerprint density at radius 1 is 1.10 bits per heavy atom. The van der Waals surface area contributed by atoms with E-state index in [4.69, 9.17) is 10.7 Å². The molecule has 1 aromatic heterocycles. The maximum absolute atomic E-state index is 13.0. The number of aromatic nitrogens is 1. The summed E-state index contributed by atoms with van der Waals surface area (Å²) in [5.41, 5.74) is 9.65. The Labute approximate surface area is 183 Å². The number of urea groups is 1. The minimum absolute atomic E-state index is 0.0253. The second-order valence-corrected chi connectivity index (χ2v) is 9.68. The molecule has 1 unspecified atom stereocenters. The van der Waals surface area contributed by atoms with Crippen molar-refractivity contribution < 1.29 is 18.9 Å². The quantitative estimate of drug-likeness (QED) is 0.563. The maximum atomic E-state index is 13.0. The van der Waals surface area contributed by atoms with E-state index in [1.165, 1.54) is 12.1 Å². The topological polar surface area (TPSA) is 134 Å². The molecule has 0 saturated carbocycles. The summed E-state index contributed by atoms with van der Waals surface area (Å²) in [5, 5.41) is 13.1. The van der Waals surface area contributed by atoms with Gasteiger partial charge < -0.3 is 16.2 Å². The van der Waals surface area contributed by atoms with Crippen LogP contribution in [0.2, 0.25) is 0 Å². The van der Waals surface area contributed by atoms with E-state index in [-0.39, 0.29) is 10.5 Å². The molecular weight excluding hydrogens is 416 g/mol. The standard InChI is InChI=1S/C22H26N4O4S/c1-22(2,29)12-9-10-15(20(23)27)18(11-12)31(30)26-21(28)25-19-13-5-3-7-16(13)24-17-8-4-6-14(17)19/h9-11,29H,3-8H2,1-2H3,(H2,23,27)(H2,24,25,26,28). The molecule has 1 heterocycles. The molecule has 0 spiro atoms. The van der Waals surface area contributed by atoms with Crippen LogP contribution in [0.15, 0.2) is 23.1 Å². The van der Waals surface area contributed by atoms with Crippen molar-refractivity contribution in [3.63, 3.8) is 0 Å². The SMILES string of the molecule is CC(C)(O)c1ccc(C(N)=O)c(S(=O)NC(=O)Nc2c3c(nc4c2CCC4)CCC3)c1. The molecule has 1 aromatic carbocycles. The third kappa shape index (κ3) is 4.20. The number of nitrogens with zero attached hydrogens (tertiary/aromatic N) is 1. The predicted molar refractivity (Wildman–Crippen MR) is 117 cm³/mol. The normalized spacial score (nSPS) is 15.8. The van der Waals surface area contributed by atoms with E-state index in [0.29, 0.717) is 5.56 Å². The van der Waals surface area contributed by atoms with E-state index >= 15 is 0 Å². The molecule has 8 nitrogen and oxygen atoms in total. The number of nitrogens with one attached hydrogen (secondary N) is 2. The fourth-order valence-corrected chi connectivity index (χ4v) is 5.21. The highest BCUT2D eigenvalue weighted by atomic mass is 32.2. The maximum Gasteiger partial charge on any atom is 0.331 e. The Bertz CT molecular complexity index is 1080. The van der Waals surface area contributed by atoms with Crippen LogP contribution in [0.4, 0.5) is 10.5 Å². The number of hydrogen-bond donors (Lipinski definition) is 4. The summed E-state index contributed by atoms with van der Waals surface area (Å²) in [6.45, 7) is 3.15. The van der Waals surface area contributed by atoms with Crippen LogP contribution in [0, 0.1) is 0 Å². The number of carbonyl (C=O) groups excluding carboxylic acids is 2. The number of benzene rings is 1. The highest BCUT2D eigenvalue weighted by molar-refractivity contribution is 7.83. The molecule has 0 bridgehead atoms. The van der Waals surface area contributed by atoms with E-state index in [2.05, 4.69) is 10.0 Å². The first-order valence-corrected chi connectivity index (χ1v) is 11.5. The van der Waals surface area contributed by atoms with Crippen molar-refractivity contribution in [3.8, 4) is 0 Å². The first-order chi connectivity index (χ1) is 14.6. The predicted octanol–water partition coefficient (Wildman–Crippen LogP) is 2.23. The van der Waals surface area contributed by atoms with E-state index in [0.717, 1.165) is 66.7 Å². The van der Waals surface area contributed by atoms with Crippen LogP contribution in [0.3, 0.4) is 0 Å². The van der Waals surface area contributed by atoms with Gasteiger partial charge in [-0.15, -0.1) is 0 Å². The van der Waals surface area contributed by atoms with Crippen LogP contribution in [-0.2, 0) is 42.3 Å². The summed E-state index contributed by atoms with van der Waals surface area (Å²) in [6, 6.07) is 3.75. The molecule has 5 N–H and O–H groups in total. The Hall–Kier alpha value is -2.78. The van der Waals surface area contributed by atoms with Gasteiger partial charge in [0.2, 0.25) is 5.91 Å². The number of carbonyl (C=O) groups is 2. The lowest BCUT2D eigenvalue weighted by Gasteiger charge is -2.20. The van der Waals surface area contributed by atoms with Crippen molar-refractivity contribution in [2.75, 3.05) is 5.32 Å². The van der Waals surface area contributed by atoms with Crippen LogP contribution in [0.25, 0.3) is 0 Å². The molecule has 2 aliphatic carbocycles. The monoisotopic (exact) mass is 442 g/mol. The van der Waals surface area contributed by atoms with Crippen molar-refractivity contribution in [1.29, 1.82) is 0 Å². The third-order valence-electron chi connectivity index (χ3n) is 5.83. The molecule has 0 saturated heterocycles. The van der Waals surface area contributed by atoms with Gasteiger partial charge in [0.25, 0.3) is 0 Å². The molecule has 4 rings (SSSR count). The summed E-state index contributed by atoms with van der Waals surface area (Å²) >= 11 is 0. The number of anilines is 1. The number of primary amides is 1. The largest absolute Gasteiger partial charge is 0.386 e. The molecular formula is C22H26N4O4S. The fourth-order valence-electron chi connectivity index (χ4n) is 4.27. The number of aliphatic hydroxyl groups is 1. The van der Waals surface area contributed by atoms with Crippen molar-refractivity contribution in [1.82, 2.24) is 9.71 Å². The van der Waals surface area contributed by atoms with Gasteiger partial charge in [-0.25, -0.2) is 9.00 Å². The molecule has 3 amide bonds. The van der Waals surface area contributed by atoms with Crippen LogP contribution in [0.1, 0.15) is 65.1 Å². The molecule has 9 heteroatoms. The van der Waals surface area contributed by atoms with Crippen LogP contribution in [0.5, 0.6) is 0 Å². The minimum atomic E-state index is -2.05. The second-order valence-electron chi connectivity index (χ2n) is 8.50. The van der Waals surface area contributed by atoms with Crippen molar-refractivity contribution in [3.05, 3.63) is 51.8 Å². The van der Waals surface area contributed by atoms with Crippen molar-refractivity contribution in [2.45, 2.75) is 62.9 Å². The molecule has 0 fully saturated rings. The summed E-state index contributed by atoms with van der Waals surface area (Å²) < 4.78 is 15.4. The minimum Gasteiger partial charge on any atom is -0.386 e. The van der Waals surface area contributed by atoms with E-state index < -0.39 is 28.5 Å². The molecule has 164 valence electrons. The summed E-state index contributed by atoms with van der Waals surface area (Å²) in [7, 11) is -2.05. The van der Waals surface area contributed by atoms with Gasteiger partial charge in [0, 0.05) is 11.4 Å². The van der Waals surface area contributed by atoms with Gasteiger partial charge in [0.15, 0.2) is 11.0 Å². The Balaban J connectivity index is 1.60. The molecule has 2 aromatic rings. The van der Waals surface area contributed by atoms with Gasteiger partial charge in [-0.1, -0.05) is 6.07 Å². The molecule has 31 heavy (non-hydrogen) atoms. The number of fused-ring (bicyclic) bond motifs is 2. The number of nitrogens with two attached hydrogens (primary N) is 1. The Kier molecular flexibility index (Phi) is 5.57. The van der Waals surface area contributed by atoms with E-state index in [1.54, 1.807) is 19.9 Å². The second kappa shape index (κ2) is 8.05.